The lowest BCUT2D eigenvalue weighted by molar-refractivity contribution is 0.0556. The molecule has 8 heteroatoms. The van der Waals surface area contributed by atoms with Crippen molar-refractivity contribution in [2.75, 3.05) is 26.2 Å². The molecular weight excluding hydrogens is 417 g/mol. The molecule has 2 aromatic carbocycles. The number of benzene rings is 2. The predicted octanol–water partition coefficient (Wildman–Crippen LogP) is 3.41. The van der Waals surface area contributed by atoms with E-state index in [1.807, 2.05) is 25.1 Å². The summed E-state index contributed by atoms with van der Waals surface area (Å²) < 4.78 is 46.7. The molecule has 1 spiro atoms. The van der Waals surface area contributed by atoms with Gasteiger partial charge in [0.1, 0.15) is 11.6 Å². The van der Waals surface area contributed by atoms with Crippen molar-refractivity contribution >= 4 is 10.0 Å². The van der Waals surface area contributed by atoms with Crippen LogP contribution in [-0.2, 0) is 16.6 Å². The Hall–Kier alpha value is -2.55. The summed E-state index contributed by atoms with van der Waals surface area (Å²) in [6.45, 7) is 4.98. The normalized spacial score (nSPS) is 21.4. The number of aryl methyl sites for hydroxylation is 1. The summed E-state index contributed by atoms with van der Waals surface area (Å²) in [6, 6.07) is 15.2. The first-order chi connectivity index (χ1) is 14.9. The van der Waals surface area contributed by atoms with Crippen LogP contribution in [0.3, 0.4) is 0 Å². The second-order valence-electron chi connectivity index (χ2n) is 8.61. The Balaban J connectivity index is 1.39. The highest BCUT2D eigenvalue weighted by Gasteiger charge is 2.58. The van der Waals surface area contributed by atoms with Crippen LogP contribution in [0.15, 0.2) is 70.1 Å². The number of likely N-dealkylation sites (tertiary alicyclic amines) is 1. The van der Waals surface area contributed by atoms with E-state index in [0.717, 1.165) is 25.4 Å². The van der Waals surface area contributed by atoms with Crippen molar-refractivity contribution in [3.63, 3.8) is 0 Å². The number of oxazole rings is 1. The van der Waals surface area contributed by atoms with E-state index < -0.39 is 15.8 Å². The summed E-state index contributed by atoms with van der Waals surface area (Å²) in [6.07, 6.45) is 1.72. The molecule has 2 fully saturated rings. The van der Waals surface area contributed by atoms with Gasteiger partial charge < -0.3 is 4.42 Å². The Bertz CT molecular complexity index is 1170. The first-order valence-corrected chi connectivity index (χ1v) is 11.7. The smallest absolute Gasteiger partial charge is 0.243 e. The van der Waals surface area contributed by atoms with Crippen molar-refractivity contribution in [1.29, 1.82) is 0 Å². The molecule has 31 heavy (non-hydrogen) atoms. The number of sulfonamides is 1. The number of nitrogens with zero attached hydrogens (tertiary/aromatic N) is 3. The maximum absolute atomic E-state index is 13.2. The van der Waals surface area contributed by atoms with E-state index >= 15 is 0 Å². The fourth-order valence-electron chi connectivity index (χ4n) is 4.81. The summed E-state index contributed by atoms with van der Waals surface area (Å²) in [5.41, 5.74) is 0.969. The molecule has 1 unspecified atom stereocenters. The van der Waals surface area contributed by atoms with Gasteiger partial charge in [-0.05, 0) is 36.8 Å². The van der Waals surface area contributed by atoms with Crippen molar-refractivity contribution in [1.82, 2.24) is 14.2 Å². The standard InChI is InChI=1S/C23H24FN3O3S/c1-17-11-25-22(30-17)21-13-26(12-18-5-3-2-4-6-18)14-23(21)15-27(16-23)31(28,29)20-9-7-19(24)8-10-20/h2-11,21H,12-16H2,1H3. The summed E-state index contributed by atoms with van der Waals surface area (Å²) in [5, 5.41) is 0. The Morgan fingerprint density at radius 1 is 1.10 bits per heavy atom. The molecule has 0 N–H and O–H groups in total. The lowest BCUT2D eigenvalue weighted by Crippen LogP contribution is -2.61. The molecule has 3 heterocycles. The second kappa shape index (κ2) is 7.55. The molecule has 2 aliphatic rings. The zero-order chi connectivity index (χ0) is 21.6. The molecule has 0 aliphatic carbocycles. The summed E-state index contributed by atoms with van der Waals surface area (Å²) >= 11 is 0. The van der Waals surface area contributed by atoms with Crippen LogP contribution < -0.4 is 0 Å². The van der Waals surface area contributed by atoms with Gasteiger partial charge in [-0.15, -0.1) is 0 Å². The van der Waals surface area contributed by atoms with Gasteiger partial charge in [0.25, 0.3) is 0 Å². The molecule has 3 aromatic rings. The maximum Gasteiger partial charge on any atom is 0.243 e. The van der Waals surface area contributed by atoms with E-state index in [1.54, 1.807) is 6.20 Å². The number of hydrogen-bond acceptors (Lipinski definition) is 5. The number of aromatic nitrogens is 1. The average molecular weight is 442 g/mol. The highest BCUT2D eigenvalue weighted by Crippen LogP contribution is 2.50. The van der Waals surface area contributed by atoms with E-state index in [4.69, 9.17) is 4.42 Å². The molecule has 1 aromatic heterocycles. The molecule has 5 rings (SSSR count). The van der Waals surface area contributed by atoms with Crippen LogP contribution >= 0.6 is 0 Å². The molecule has 0 amide bonds. The number of halogens is 1. The first kappa shape index (κ1) is 20.4. The lowest BCUT2D eigenvalue weighted by atomic mass is 9.73. The van der Waals surface area contributed by atoms with Gasteiger partial charge in [-0.1, -0.05) is 30.3 Å². The molecule has 0 radical (unpaired) electrons. The highest BCUT2D eigenvalue weighted by atomic mass is 32.2. The van der Waals surface area contributed by atoms with Gasteiger partial charge in [0.2, 0.25) is 10.0 Å². The Morgan fingerprint density at radius 2 is 1.81 bits per heavy atom. The van der Waals surface area contributed by atoms with Crippen molar-refractivity contribution in [2.45, 2.75) is 24.3 Å². The van der Waals surface area contributed by atoms with E-state index in [-0.39, 0.29) is 16.2 Å². The summed E-state index contributed by atoms with van der Waals surface area (Å²) in [7, 11) is -3.66. The van der Waals surface area contributed by atoms with Crippen LogP contribution in [0, 0.1) is 18.2 Å². The zero-order valence-corrected chi connectivity index (χ0v) is 18.1. The first-order valence-electron chi connectivity index (χ1n) is 10.3. The van der Waals surface area contributed by atoms with Gasteiger partial charge in [-0.25, -0.2) is 17.8 Å². The minimum Gasteiger partial charge on any atom is -0.446 e. The molecule has 2 aliphatic heterocycles. The monoisotopic (exact) mass is 441 g/mol. The maximum atomic E-state index is 13.2. The van der Waals surface area contributed by atoms with Crippen molar-refractivity contribution in [2.24, 2.45) is 5.41 Å². The Kier molecular flexibility index (Phi) is 4.96. The van der Waals surface area contributed by atoms with Gasteiger partial charge in [-0.3, -0.25) is 4.90 Å². The quantitative estimate of drug-likeness (QED) is 0.607. The van der Waals surface area contributed by atoms with Gasteiger partial charge in [0, 0.05) is 38.1 Å². The molecular formula is C23H24FN3O3S. The minimum atomic E-state index is -3.66. The van der Waals surface area contributed by atoms with Crippen LogP contribution in [-0.4, -0.2) is 48.8 Å². The van der Waals surface area contributed by atoms with E-state index in [0.29, 0.717) is 19.0 Å². The zero-order valence-electron chi connectivity index (χ0n) is 17.2. The van der Waals surface area contributed by atoms with Crippen LogP contribution in [0.1, 0.15) is 23.1 Å². The Morgan fingerprint density at radius 3 is 2.45 bits per heavy atom. The molecule has 0 bridgehead atoms. The van der Waals surface area contributed by atoms with Crippen LogP contribution in [0.5, 0.6) is 0 Å². The highest BCUT2D eigenvalue weighted by molar-refractivity contribution is 7.89. The van der Waals surface area contributed by atoms with Crippen molar-refractivity contribution in [3.05, 3.63) is 83.8 Å². The fraction of sp³-hybridized carbons (Fsp3) is 0.348. The van der Waals surface area contributed by atoms with E-state index in [1.165, 1.54) is 34.1 Å². The molecule has 0 saturated carbocycles. The third-order valence-corrected chi connectivity index (χ3v) is 8.14. The largest absolute Gasteiger partial charge is 0.446 e. The van der Waals surface area contributed by atoms with Crippen molar-refractivity contribution < 1.29 is 17.2 Å². The third-order valence-electron chi connectivity index (χ3n) is 6.34. The molecule has 2 saturated heterocycles. The van der Waals surface area contributed by atoms with Crippen molar-refractivity contribution in [3.8, 4) is 0 Å². The van der Waals surface area contributed by atoms with Gasteiger partial charge in [-0.2, -0.15) is 4.31 Å². The summed E-state index contributed by atoms with van der Waals surface area (Å²) in [4.78, 5) is 6.93. The fourth-order valence-corrected chi connectivity index (χ4v) is 6.44. The van der Waals surface area contributed by atoms with E-state index in [2.05, 4.69) is 22.0 Å². The average Bonchev–Trinajstić information content (AvgIpc) is 3.31. The molecule has 1 atom stereocenters. The third kappa shape index (κ3) is 3.69. The molecule has 162 valence electrons. The lowest BCUT2D eigenvalue weighted by Gasteiger charge is -2.49. The SMILES string of the molecule is Cc1cnc(C2CN(Cc3ccccc3)CC23CN(S(=O)(=O)c2ccc(F)cc2)C3)o1. The molecule has 6 nitrogen and oxygen atoms in total. The van der Waals surface area contributed by atoms with Crippen LogP contribution in [0.4, 0.5) is 4.39 Å². The number of rotatable bonds is 5. The second-order valence-corrected chi connectivity index (χ2v) is 10.5. The van der Waals surface area contributed by atoms with E-state index in [9.17, 15) is 12.8 Å². The van der Waals surface area contributed by atoms with Gasteiger partial charge in [0.05, 0.1) is 17.0 Å². The van der Waals surface area contributed by atoms with Crippen LogP contribution in [0.25, 0.3) is 0 Å². The number of hydrogen-bond donors (Lipinski definition) is 0. The Labute approximate surface area is 181 Å². The minimum absolute atomic E-state index is 0.0181. The summed E-state index contributed by atoms with van der Waals surface area (Å²) in [5.74, 6) is 0.990. The topological polar surface area (TPSA) is 66.7 Å². The predicted molar refractivity (Wildman–Crippen MR) is 113 cm³/mol. The van der Waals surface area contributed by atoms with Gasteiger partial charge >= 0.3 is 0 Å². The van der Waals surface area contributed by atoms with Gasteiger partial charge in [0.15, 0.2) is 5.89 Å². The van der Waals surface area contributed by atoms with Crippen LogP contribution in [0.2, 0.25) is 0 Å².